The van der Waals surface area contributed by atoms with Gasteiger partial charge in [0, 0.05) is 32.0 Å². The van der Waals surface area contributed by atoms with Crippen LogP contribution >= 0.6 is 0 Å². The SMILES string of the molecule is C[C@]12CC=C3C=C4CC[C@@H]([N+](C)(C)C)C[C@]45CCC3(O5)[C@@H]1CCC2N1CCc2ccccc2C1. The number of fused-ring (bicyclic) bond motifs is 2. The molecule has 3 heterocycles. The number of rotatable bonds is 2. The monoisotopic (exact) mass is 459 g/mol. The van der Waals surface area contributed by atoms with E-state index in [1.165, 1.54) is 64.3 Å². The van der Waals surface area contributed by atoms with E-state index in [9.17, 15) is 0 Å². The second-order valence-corrected chi connectivity index (χ2v) is 13.7. The van der Waals surface area contributed by atoms with Gasteiger partial charge < -0.3 is 9.22 Å². The molecule has 6 aliphatic rings. The van der Waals surface area contributed by atoms with Crippen molar-refractivity contribution in [1.29, 1.82) is 0 Å². The molecule has 0 N–H and O–H groups in total. The fraction of sp³-hybridized carbons (Fsp3) is 0.677. The molecule has 6 atom stereocenters. The largest absolute Gasteiger partial charge is 0.359 e. The van der Waals surface area contributed by atoms with Crippen molar-refractivity contribution < 1.29 is 9.22 Å². The van der Waals surface area contributed by atoms with Gasteiger partial charge in [-0.25, -0.2) is 0 Å². The molecule has 2 unspecified atom stereocenters. The van der Waals surface area contributed by atoms with E-state index in [2.05, 4.69) is 69.4 Å². The summed E-state index contributed by atoms with van der Waals surface area (Å²) in [7, 11) is 7.14. The summed E-state index contributed by atoms with van der Waals surface area (Å²) in [6.07, 6.45) is 16.6. The van der Waals surface area contributed by atoms with Gasteiger partial charge in [0.2, 0.25) is 0 Å². The number of nitrogens with zero attached hydrogens (tertiary/aromatic N) is 2. The number of quaternary nitrogens is 1. The molecule has 0 amide bonds. The van der Waals surface area contributed by atoms with Gasteiger partial charge >= 0.3 is 0 Å². The van der Waals surface area contributed by atoms with Crippen LogP contribution in [0.1, 0.15) is 69.4 Å². The molecule has 34 heavy (non-hydrogen) atoms. The van der Waals surface area contributed by atoms with E-state index in [-0.39, 0.29) is 11.2 Å². The smallest absolute Gasteiger partial charge is 0.0975 e. The summed E-state index contributed by atoms with van der Waals surface area (Å²) in [6.45, 7) is 4.97. The van der Waals surface area contributed by atoms with Crippen molar-refractivity contribution in [3.8, 4) is 0 Å². The summed E-state index contributed by atoms with van der Waals surface area (Å²) in [5.74, 6) is 0.656. The highest BCUT2D eigenvalue weighted by atomic mass is 16.5. The quantitative estimate of drug-likeness (QED) is 0.530. The van der Waals surface area contributed by atoms with Crippen molar-refractivity contribution in [3.63, 3.8) is 0 Å². The van der Waals surface area contributed by atoms with E-state index in [4.69, 9.17) is 4.74 Å². The molecule has 3 aliphatic heterocycles. The molecule has 3 heteroatoms. The van der Waals surface area contributed by atoms with Gasteiger partial charge in [0.1, 0.15) is 0 Å². The number of benzene rings is 1. The van der Waals surface area contributed by atoms with Crippen LogP contribution in [0.4, 0.5) is 0 Å². The zero-order chi connectivity index (χ0) is 23.3. The molecule has 0 radical (unpaired) electrons. The lowest BCUT2D eigenvalue weighted by Gasteiger charge is -2.56. The lowest BCUT2D eigenvalue weighted by atomic mass is 9.59. The van der Waals surface area contributed by atoms with Crippen molar-refractivity contribution in [1.82, 2.24) is 4.90 Å². The topological polar surface area (TPSA) is 12.5 Å². The minimum Gasteiger partial charge on any atom is -0.359 e. The maximum absolute atomic E-state index is 7.51. The Bertz CT molecular complexity index is 1080. The lowest BCUT2D eigenvalue weighted by Crippen LogP contribution is -2.58. The molecule has 7 rings (SSSR count). The Morgan fingerprint density at radius 2 is 1.82 bits per heavy atom. The summed E-state index contributed by atoms with van der Waals surface area (Å²) >= 11 is 0. The van der Waals surface area contributed by atoms with Crippen LogP contribution in [0.25, 0.3) is 0 Å². The normalized spacial score (nSPS) is 43.4. The van der Waals surface area contributed by atoms with Crippen LogP contribution in [0.3, 0.4) is 0 Å². The molecule has 3 nitrogen and oxygen atoms in total. The average Bonchev–Trinajstić information content (AvgIpc) is 3.33. The van der Waals surface area contributed by atoms with Gasteiger partial charge in [0.05, 0.1) is 38.4 Å². The first-order valence-electron chi connectivity index (χ1n) is 14.0. The third-order valence-corrected chi connectivity index (χ3v) is 11.3. The zero-order valence-electron chi connectivity index (χ0n) is 21.8. The van der Waals surface area contributed by atoms with Gasteiger partial charge in [-0.2, -0.15) is 0 Å². The maximum atomic E-state index is 7.51. The molecule has 2 saturated carbocycles. The minimum atomic E-state index is -0.0221. The summed E-state index contributed by atoms with van der Waals surface area (Å²) in [5.41, 5.74) is 6.63. The van der Waals surface area contributed by atoms with Crippen LogP contribution in [0.5, 0.6) is 0 Å². The molecule has 3 aliphatic carbocycles. The molecule has 0 aromatic heterocycles. The Morgan fingerprint density at radius 3 is 2.65 bits per heavy atom. The third kappa shape index (κ3) is 2.87. The van der Waals surface area contributed by atoms with Gasteiger partial charge in [0.25, 0.3) is 0 Å². The fourth-order valence-corrected chi connectivity index (χ4v) is 9.40. The molecular formula is C31H43N2O+. The first-order chi connectivity index (χ1) is 16.2. The van der Waals surface area contributed by atoms with Gasteiger partial charge in [0.15, 0.2) is 0 Å². The van der Waals surface area contributed by atoms with Gasteiger partial charge in [-0.3, -0.25) is 4.90 Å². The van der Waals surface area contributed by atoms with Crippen molar-refractivity contribution >= 4 is 0 Å². The number of hydrogen-bond acceptors (Lipinski definition) is 2. The standard InChI is InChI=1S/C31H43N2O/c1-29-15-13-25-19-24-9-10-26(33(2,3)4)20-30(24)16-17-31(25,34-30)27(29)11-12-28(29)32-18-14-22-7-5-6-8-23(22)21-32/h5-8,13,19,26-28H,9-12,14-18,20-21H2,1-4H3/q+1/t26-,27-,28?,29+,30-,31?/m1/s1. The van der Waals surface area contributed by atoms with Gasteiger partial charge in [-0.15, -0.1) is 0 Å². The second kappa shape index (κ2) is 7.08. The van der Waals surface area contributed by atoms with Crippen LogP contribution in [0.15, 0.2) is 47.6 Å². The zero-order valence-corrected chi connectivity index (χ0v) is 21.8. The van der Waals surface area contributed by atoms with Gasteiger partial charge in [-0.05, 0) is 78.6 Å². The van der Waals surface area contributed by atoms with Crippen LogP contribution < -0.4 is 0 Å². The van der Waals surface area contributed by atoms with Crippen molar-refractivity contribution in [3.05, 3.63) is 58.7 Å². The minimum absolute atomic E-state index is 0.0200. The lowest BCUT2D eigenvalue weighted by molar-refractivity contribution is -0.898. The second-order valence-electron chi connectivity index (χ2n) is 13.7. The van der Waals surface area contributed by atoms with Crippen molar-refractivity contribution in [2.75, 3.05) is 27.7 Å². The summed E-state index contributed by atoms with van der Waals surface area (Å²) in [5, 5.41) is 0. The highest BCUT2D eigenvalue weighted by Gasteiger charge is 2.67. The highest BCUT2D eigenvalue weighted by Crippen LogP contribution is 2.67. The van der Waals surface area contributed by atoms with E-state index >= 15 is 0 Å². The molecule has 1 saturated heterocycles. The molecule has 2 spiro atoms. The van der Waals surface area contributed by atoms with Crippen molar-refractivity contribution in [2.45, 2.75) is 94.5 Å². The van der Waals surface area contributed by atoms with E-state index in [0.29, 0.717) is 23.4 Å². The van der Waals surface area contributed by atoms with E-state index < -0.39 is 0 Å². The fourth-order valence-electron chi connectivity index (χ4n) is 9.40. The van der Waals surface area contributed by atoms with E-state index in [1.807, 2.05) is 0 Å². The van der Waals surface area contributed by atoms with Crippen LogP contribution in [0.2, 0.25) is 0 Å². The van der Waals surface area contributed by atoms with E-state index in [0.717, 1.165) is 11.0 Å². The third-order valence-electron chi connectivity index (χ3n) is 11.3. The molecule has 182 valence electrons. The Kier molecular flexibility index (Phi) is 4.55. The van der Waals surface area contributed by atoms with Gasteiger partial charge in [-0.1, -0.05) is 43.3 Å². The molecule has 1 aromatic rings. The first-order valence-corrected chi connectivity index (χ1v) is 14.0. The Balaban J connectivity index is 1.21. The predicted octanol–water partition coefficient (Wildman–Crippen LogP) is 5.65. The Labute approximate surface area is 206 Å². The summed E-state index contributed by atoms with van der Waals surface area (Å²) in [6, 6.07) is 10.5. The maximum Gasteiger partial charge on any atom is 0.0975 e. The first kappa shape index (κ1) is 21.8. The highest BCUT2D eigenvalue weighted by molar-refractivity contribution is 5.47. The molecule has 1 aromatic carbocycles. The Hall–Kier alpha value is -1.42. The molecular weight excluding hydrogens is 416 g/mol. The van der Waals surface area contributed by atoms with Crippen LogP contribution in [0, 0.1) is 11.3 Å². The van der Waals surface area contributed by atoms with Crippen LogP contribution in [-0.2, 0) is 17.7 Å². The number of allylic oxidation sites excluding steroid dienone is 1. The summed E-state index contributed by atoms with van der Waals surface area (Å²) < 4.78 is 8.57. The average molecular weight is 460 g/mol. The van der Waals surface area contributed by atoms with Crippen LogP contribution in [-0.4, -0.2) is 60.4 Å². The Morgan fingerprint density at radius 1 is 1.00 bits per heavy atom. The number of hydrogen-bond donors (Lipinski definition) is 0. The van der Waals surface area contributed by atoms with E-state index in [1.54, 1.807) is 22.3 Å². The number of ether oxygens (including phenoxy) is 1. The summed E-state index contributed by atoms with van der Waals surface area (Å²) in [4.78, 5) is 2.85. The van der Waals surface area contributed by atoms with Crippen molar-refractivity contribution in [2.24, 2.45) is 11.3 Å². The molecule has 2 bridgehead atoms. The molecule has 3 fully saturated rings. The predicted molar refractivity (Wildman–Crippen MR) is 137 cm³/mol.